The Hall–Kier alpha value is -2.92. The van der Waals surface area contributed by atoms with E-state index in [0.717, 1.165) is 21.9 Å². The molecule has 0 aliphatic rings. The van der Waals surface area contributed by atoms with Crippen molar-refractivity contribution in [3.8, 4) is 5.75 Å². The molecule has 25 heavy (non-hydrogen) atoms. The van der Waals surface area contributed by atoms with Crippen LogP contribution >= 0.6 is 0 Å². The molecule has 3 aromatic carbocycles. The monoisotopic (exact) mass is 338 g/mol. The maximum atomic E-state index is 13.0. The van der Waals surface area contributed by atoms with Crippen LogP contribution in [0.4, 0.5) is 4.39 Å². The number of carbonyl (C=O) groups is 1. The van der Waals surface area contributed by atoms with Gasteiger partial charge in [0.1, 0.15) is 11.6 Å². The van der Waals surface area contributed by atoms with Gasteiger partial charge in [0.05, 0.1) is 0 Å². The number of rotatable bonds is 7. The van der Waals surface area contributed by atoms with Crippen LogP contribution in [0.15, 0.2) is 60.7 Å². The fraction of sp³-hybridized carbons (Fsp3) is 0.150. The minimum Gasteiger partial charge on any atom is -0.483 e. The van der Waals surface area contributed by atoms with Gasteiger partial charge in [0.2, 0.25) is 0 Å². The van der Waals surface area contributed by atoms with Gasteiger partial charge in [-0.05, 0) is 34.5 Å². The molecular formula is C20H19FN2O2. The Balaban J connectivity index is 1.80. The van der Waals surface area contributed by atoms with Crippen LogP contribution in [0.3, 0.4) is 0 Å². The zero-order chi connectivity index (χ0) is 17.6. The molecule has 0 heterocycles. The van der Waals surface area contributed by atoms with Crippen molar-refractivity contribution in [1.82, 2.24) is 5.32 Å². The van der Waals surface area contributed by atoms with Crippen molar-refractivity contribution in [2.75, 3.05) is 6.61 Å². The molecule has 0 aromatic heterocycles. The first-order valence-electron chi connectivity index (χ1n) is 8.00. The van der Waals surface area contributed by atoms with E-state index in [-0.39, 0.29) is 12.4 Å². The Kier molecular flexibility index (Phi) is 5.26. The van der Waals surface area contributed by atoms with Crippen LogP contribution < -0.4 is 15.8 Å². The first kappa shape index (κ1) is 16.9. The van der Waals surface area contributed by atoms with Crippen molar-refractivity contribution in [2.45, 2.75) is 13.1 Å². The highest BCUT2D eigenvalue weighted by molar-refractivity contribution is 5.88. The van der Waals surface area contributed by atoms with Gasteiger partial charge in [-0.25, -0.2) is 4.39 Å². The van der Waals surface area contributed by atoms with Crippen LogP contribution in [-0.4, -0.2) is 12.5 Å². The summed E-state index contributed by atoms with van der Waals surface area (Å²) in [5.74, 6) is -0.137. The van der Waals surface area contributed by atoms with Crippen LogP contribution in [0.1, 0.15) is 11.1 Å². The molecule has 0 aliphatic heterocycles. The lowest BCUT2D eigenvalue weighted by Gasteiger charge is -2.14. The van der Waals surface area contributed by atoms with Crippen molar-refractivity contribution in [1.29, 1.82) is 0 Å². The van der Waals surface area contributed by atoms with Gasteiger partial charge in [0.15, 0.2) is 6.61 Å². The maximum Gasteiger partial charge on any atom is 0.255 e. The predicted octanol–water partition coefficient (Wildman–Crippen LogP) is 3.13. The number of hydrogen-bond donors (Lipinski definition) is 2. The van der Waals surface area contributed by atoms with Gasteiger partial charge in [0.25, 0.3) is 5.91 Å². The lowest BCUT2D eigenvalue weighted by Crippen LogP contribution is -2.21. The molecule has 0 saturated carbocycles. The van der Waals surface area contributed by atoms with E-state index in [4.69, 9.17) is 10.5 Å². The van der Waals surface area contributed by atoms with Crippen LogP contribution in [0.2, 0.25) is 0 Å². The lowest BCUT2D eigenvalue weighted by atomic mass is 10.0. The van der Waals surface area contributed by atoms with Gasteiger partial charge in [-0.2, -0.15) is 0 Å². The molecule has 128 valence electrons. The Morgan fingerprint density at radius 1 is 1.00 bits per heavy atom. The number of amides is 1. The average Bonchev–Trinajstić information content (AvgIpc) is 2.62. The molecule has 3 rings (SSSR count). The Morgan fingerprint density at radius 2 is 1.76 bits per heavy atom. The van der Waals surface area contributed by atoms with E-state index in [2.05, 4.69) is 5.32 Å². The van der Waals surface area contributed by atoms with E-state index >= 15 is 0 Å². The fourth-order valence-corrected chi connectivity index (χ4v) is 2.72. The molecule has 0 saturated heterocycles. The van der Waals surface area contributed by atoms with Crippen molar-refractivity contribution >= 4 is 16.7 Å². The summed E-state index contributed by atoms with van der Waals surface area (Å²) in [5, 5.41) is 5.48. The highest BCUT2D eigenvalue weighted by Crippen LogP contribution is 2.28. The maximum absolute atomic E-state index is 13.0. The number of nitrogens with two attached hydrogens (primary N) is 1. The first-order valence-corrected chi connectivity index (χ1v) is 8.00. The van der Waals surface area contributed by atoms with Gasteiger partial charge < -0.3 is 15.8 Å². The summed E-state index contributed by atoms with van der Waals surface area (Å²) >= 11 is 0. The second-order valence-electron chi connectivity index (χ2n) is 5.75. The number of ether oxygens (including phenoxy) is 1. The molecule has 1 amide bonds. The summed E-state index contributed by atoms with van der Waals surface area (Å²) in [4.78, 5) is 11.0. The van der Waals surface area contributed by atoms with Crippen molar-refractivity contribution in [3.63, 3.8) is 0 Å². The molecule has 0 atom stereocenters. The van der Waals surface area contributed by atoms with E-state index in [1.165, 1.54) is 12.1 Å². The van der Waals surface area contributed by atoms with E-state index in [0.29, 0.717) is 18.8 Å². The number of nitrogens with one attached hydrogen (secondary N) is 1. The molecular weight excluding hydrogens is 319 g/mol. The summed E-state index contributed by atoms with van der Waals surface area (Å²) in [6.07, 6.45) is 0. The molecule has 5 heteroatoms. The third kappa shape index (κ3) is 4.33. The Labute approximate surface area is 145 Å². The van der Waals surface area contributed by atoms with Crippen molar-refractivity contribution in [3.05, 3.63) is 77.6 Å². The van der Waals surface area contributed by atoms with E-state index in [1.807, 2.05) is 36.4 Å². The Bertz CT molecular complexity index is 879. The molecule has 0 bridgehead atoms. The smallest absolute Gasteiger partial charge is 0.255 e. The predicted molar refractivity (Wildman–Crippen MR) is 95.6 cm³/mol. The summed E-state index contributed by atoms with van der Waals surface area (Å²) in [5.41, 5.74) is 7.13. The van der Waals surface area contributed by atoms with E-state index < -0.39 is 5.91 Å². The average molecular weight is 338 g/mol. The number of hydrogen-bond acceptors (Lipinski definition) is 3. The van der Waals surface area contributed by atoms with Crippen molar-refractivity contribution < 1.29 is 13.9 Å². The first-order chi connectivity index (χ1) is 12.1. The van der Waals surface area contributed by atoms with E-state index in [1.54, 1.807) is 12.1 Å². The highest BCUT2D eigenvalue weighted by atomic mass is 19.1. The molecule has 0 aliphatic carbocycles. The zero-order valence-corrected chi connectivity index (χ0v) is 13.7. The third-order valence-electron chi connectivity index (χ3n) is 3.91. The van der Waals surface area contributed by atoms with Crippen LogP contribution in [0.25, 0.3) is 10.8 Å². The number of fused-ring (bicyclic) bond motifs is 1. The van der Waals surface area contributed by atoms with Gasteiger partial charge >= 0.3 is 0 Å². The zero-order valence-electron chi connectivity index (χ0n) is 13.7. The molecule has 0 unspecified atom stereocenters. The third-order valence-corrected chi connectivity index (χ3v) is 3.91. The molecule has 3 aromatic rings. The van der Waals surface area contributed by atoms with Gasteiger partial charge in [-0.15, -0.1) is 0 Å². The summed E-state index contributed by atoms with van der Waals surface area (Å²) < 4.78 is 18.5. The number of carbonyl (C=O) groups excluding carboxylic acids is 1. The van der Waals surface area contributed by atoms with E-state index in [9.17, 15) is 9.18 Å². The largest absolute Gasteiger partial charge is 0.483 e. The highest BCUT2D eigenvalue weighted by Gasteiger charge is 2.10. The van der Waals surface area contributed by atoms with Gasteiger partial charge in [-0.1, -0.05) is 42.5 Å². The minimum atomic E-state index is -0.515. The minimum absolute atomic E-state index is 0.163. The fourth-order valence-electron chi connectivity index (χ4n) is 2.72. The number of halogens is 1. The van der Waals surface area contributed by atoms with Gasteiger partial charge in [-0.3, -0.25) is 4.79 Å². The molecule has 0 fully saturated rings. The quantitative estimate of drug-likeness (QED) is 0.696. The summed E-state index contributed by atoms with van der Waals surface area (Å²) in [6, 6.07) is 18.2. The van der Waals surface area contributed by atoms with Crippen LogP contribution in [0, 0.1) is 5.82 Å². The molecule has 0 radical (unpaired) electrons. The van der Waals surface area contributed by atoms with Crippen LogP contribution in [0.5, 0.6) is 5.75 Å². The van der Waals surface area contributed by atoms with Crippen molar-refractivity contribution in [2.24, 2.45) is 5.73 Å². The van der Waals surface area contributed by atoms with Crippen LogP contribution in [-0.2, 0) is 17.9 Å². The molecule has 0 spiro atoms. The number of primary amides is 1. The Morgan fingerprint density at radius 3 is 2.52 bits per heavy atom. The number of benzene rings is 3. The lowest BCUT2D eigenvalue weighted by molar-refractivity contribution is -0.119. The molecule has 3 N–H and O–H groups in total. The summed E-state index contributed by atoms with van der Waals surface area (Å²) in [7, 11) is 0. The van der Waals surface area contributed by atoms with Gasteiger partial charge in [0, 0.05) is 18.7 Å². The normalized spacial score (nSPS) is 10.8. The molecule has 4 nitrogen and oxygen atoms in total. The SMILES string of the molecule is NC(=O)COc1ccc2ccccc2c1CNCc1ccc(F)cc1. The second-order valence-corrected chi connectivity index (χ2v) is 5.75. The second kappa shape index (κ2) is 7.77. The summed E-state index contributed by atoms with van der Waals surface area (Å²) in [6.45, 7) is 0.981. The standard InChI is InChI=1S/C20H19FN2O2/c21-16-8-5-14(6-9-16)11-23-12-18-17-4-2-1-3-15(17)7-10-19(18)25-13-20(22)24/h1-10,23H,11-13H2,(H2,22,24). The topological polar surface area (TPSA) is 64.4 Å².